The van der Waals surface area contributed by atoms with E-state index in [1.54, 1.807) is 12.3 Å². The first-order chi connectivity index (χ1) is 15.1. The minimum absolute atomic E-state index is 0.0352. The average molecular weight is 462 g/mol. The quantitative estimate of drug-likeness (QED) is 0.692. The SMILES string of the molecule is C[C@]12CC[C@H](NS(C)(=O)=O)C[C@H]1CC[C@@H]1[C@@H]2CC[C@]2(C)[C@@H](c3ccc(=O)oc3)C[C@H]3O[C@]132. The van der Waals surface area contributed by atoms with Gasteiger partial charge in [-0.05, 0) is 92.1 Å². The largest absolute Gasteiger partial charge is 0.431 e. The minimum atomic E-state index is -3.16. The van der Waals surface area contributed by atoms with Crippen LogP contribution in [0, 0.1) is 28.6 Å². The topological polar surface area (TPSA) is 88.9 Å². The van der Waals surface area contributed by atoms with Gasteiger partial charge in [-0.1, -0.05) is 13.8 Å². The Morgan fingerprint density at radius 1 is 1.03 bits per heavy atom. The number of hydrogen-bond acceptors (Lipinski definition) is 5. The highest BCUT2D eigenvalue weighted by Gasteiger charge is 2.80. The van der Waals surface area contributed by atoms with Gasteiger partial charge in [-0.2, -0.15) is 0 Å². The Hall–Kier alpha value is -1.18. The van der Waals surface area contributed by atoms with Crippen LogP contribution in [0.5, 0.6) is 0 Å². The van der Waals surface area contributed by atoms with Crippen molar-refractivity contribution in [1.29, 1.82) is 0 Å². The van der Waals surface area contributed by atoms with Gasteiger partial charge in [0.15, 0.2) is 0 Å². The number of sulfonamides is 1. The molecule has 7 heteroatoms. The van der Waals surface area contributed by atoms with Crippen LogP contribution < -0.4 is 10.3 Å². The molecule has 32 heavy (non-hydrogen) atoms. The van der Waals surface area contributed by atoms with E-state index in [9.17, 15) is 13.2 Å². The highest BCUT2D eigenvalue weighted by molar-refractivity contribution is 7.88. The van der Waals surface area contributed by atoms with Gasteiger partial charge in [0.2, 0.25) is 10.0 Å². The highest BCUT2D eigenvalue weighted by Crippen LogP contribution is 2.77. The number of ether oxygens (including phenoxy) is 1. The molecule has 1 spiro atoms. The summed E-state index contributed by atoms with van der Waals surface area (Å²) in [6.07, 6.45) is 12.0. The van der Waals surface area contributed by atoms with E-state index in [0.717, 1.165) is 37.7 Å². The van der Waals surface area contributed by atoms with Gasteiger partial charge < -0.3 is 9.15 Å². The van der Waals surface area contributed by atoms with Crippen LogP contribution in [0.4, 0.5) is 0 Å². The summed E-state index contributed by atoms with van der Waals surface area (Å²) < 4.78 is 38.3. The molecule has 0 amide bonds. The van der Waals surface area contributed by atoms with Gasteiger partial charge in [0, 0.05) is 17.5 Å². The zero-order valence-electron chi connectivity index (χ0n) is 19.3. The van der Waals surface area contributed by atoms with Gasteiger partial charge in [0.25, 0.3) is 0 Å². The summed E-state index contributed by atoms with van der Waals surface area (Å²) >= 11 is 0. The van der Waals surface area contributed by atoms with E-state index in [2.05, 4.69) is 18.6 Å². The predicted octanol–water partition coefficient (Wildman–Crippen LogP) is 3.82. The van der Waals surface area contributed by atoms with Gasteiger partial charge in [-0.15, -0.1) is 0 Å². The molecule has 5 fully saturated rings. The summed E-state index contributed by atoms with van der Waals surface area (Å²) in [6, 6.07) is 3.59. The second-order valence-electron chi connectivity index (χ2n) is 11.9. The number of fused-ring (bicyclic) bond motifs is 3. The Bertz CT molecular complexity index is 1080. The second kappa shape index (κ2) is 6.70. The van der Waals surface area contributed by atoms with Crippen LogP contribution in [-0.2, 0) is 14.8 Å². The van der Waals surface area contributed by atoms with Crippen LogP contribution in [0.2, 0.25) is 0 Å². The third-order valence-corrected chi connectivity index (χ3v) is 11.4. The molecule has 1 saturated heterocycles. The third-order valence-electron chi connectivity index (χ3n) is 10.6. The molecule has 1 aliphatic heterocycles. The number of nitrogens with one attached hydrogen (secondary N) is 1. The first kappa shape index (κ1) is 21.4. The van der Waals surface area contributed by atoms with E-state index < -0.39 is 10.0 Å². The summed E-state index contributed by atoms with van der Waals surface area (Å²) in [7, 11) is -3.16. The average Bonchev–Trinajstić information content (AvgIpc) is 3.38. The Labute approximate surface area is 190 Å². The fraction of sp³-hybridized carbons (Fsp3) is 0.800. The fourth-order valence-electron chi connectivity index (χ4n) is 9.17. The summed E-state index contributed by atoms with van der Waals surface area (Å²) in [4.78, 5) is 11.5. The molecule has 0 unspecified atom stereocenters. The van der Waals surface area contributed by atoms with Crippen molar-refractivity contribution in [3.8, 4) is 0 Å². The summed E-state index contributed by atoms with van der Waals surface area (Å²) in [5, 5.41) is 0. The Balaban J connectivity index is 1.27. The van der Waals surface area contributed by atoms with Gasteiger partial charge in [0.05, 0.1) is 18.6 Å². The Morgan fingerprint density at radius 3 is 2.56 bits per heavy atom. The van der Waals surface area contributed by atoms with Crippen molar-refractivity contribution in [2.24, 2.45) is 28.6 Å². The monoisotopic (exact) mass is 461 g/mol. The van der Waals surface area contributed by atoms with Crippen molar-refractivity contribution in [2.75, 3.05) is 6.26 Å². The Morgan fingerprint density at radius 2 is 1.84 bits per heavy atom. The molecule has 9 atom stereocenters. The standard InChI is InChI=1S/C25H35NO5S/c1-23-10-8-17(26-32(3,28)29)12-16(23)5-6-19-18(23)9-11-24(2)20(13-21-25(19,24)31-21)15-4-7-22(27)30-14-15/h4,7,14,16-21,26H,5-6,8-13H2,1-3H3/t16-,17+,18+,19-,20-,21-,23+,24-,25-/m1/s1. The van der Waals surface area contributed by atoms with Crippen molar-refractivity contribution < 1.29 is 17.6 Å². The van der Waals surface area contributed by atoms with Crippen LogP contribution in [0.1, 0.15) is 76.7 Å². The van der Waals surface area contributed by atoms with Gasteiger partial charge in [-0.25, -0.2) is 17.9 Å². The smallest absolute Gasteiger partial charge is 0.335 e. The van der Waals surface area contributed by atoms with E-state index in [4.69, 9.17) is 9.15 Å². The zero-order chi connectivity index (χ0) is 22.5. The van der Waals surface area contributed by atoms with E-state index in [0.29, 0.717) is 29.8 Å². The summed E-state index contributed by atoms with van der Waals surface area (Å²) in [6.45, 7) is 4.91. The number of epoxide rings is 1. The van der Waals surface area contributed by atoms with Crippen LogP contribution in [0.15, 0.2) is 27.6 Å². The lowest BCUT2D eigenvalue weighted by atomic mass is 9.44. The van der Waals surface area contributed by atoms with E-state index >= 15 is 0 Å². The molecule has 5 aliphatic rings. The zero-order valence-corrected chi connectivity index (χ0v) is 20.1. The minimum Gasteiger partial charge on any atom is -0.431 e. The lowest BCUT2D eigenvalue weighted by Crippen LogP contribution is -2.59. The molecule has 1 N–H and O–H groups in total. The molecule has 1 aromatic rings. The third kappa shape index (κ3) is 2.83. The summed E-state index contributed by atoms with van der Waals surface area (Å²) in [5.41, 5.74) is 1.17. The predicted molar refractivity (Wildman–Crippen MR) is 121 cm³/mol. The maximum Gasteiger partial charge on any atom is 0.335 e. The number of rotatable bonds is 3. The summed E-state index contributed by atoms with van der Waals surface area (Å²) in [5.74, 6) is 2.18. The van der Waals surface area contributed by atoms with E-state index in [-0.39, 0.29) is 28.1 Å². The van der Waals surface area contributed by atoms with Gasteiger partial charge >= 0.3 is 5.63 Å². The molecule has 0 bridgehead atoms. The van der Waals surface area contributed by atoms with Crippen LogP contribution >= 0.6 is 0 Å². The first-order valence-electron chi connectivity index (χ1n) is 12.3. The van der Waals surface area contributed by atoms with E-state index in [1.807, 2.05) is 6.07 Å². The molecule has 6 rings (SSSR count). The lowest BCUT2D eigenvalue weighted by Gasteiger charge is -2.61. The number of hydrogen-bond donors (Lipinski definition) is 1. The second-order valence-corrected chi connectivity index (χ2v) is 13.7. The van der Waals surface area contributed by atoms with E-state index in [1.165, 1.54) is 25.5 Å². The highest BCUT2D eigenvalue weighted by atomic mass is 32.2. The molecular weight excluding hydrogens is 426 g/mol. The van der Waals surface area contributed by atoms with Crippen molar-refractivity contribution in [2.45, 2.75) is 88.9 Å². The van der Waals surface area contributed by atoms with Gasteiger partial charge in [0.1, 0.15) is 5.60 Å². The van der Waals surface area contributed by atoms with Crippen molar-refractivity contribution in [1.82, 2.24) is 4.72 Å². The van der Waals surface area contributed by atoms with Crippen molar-refractivity contribution in [3.05, 3.63) is 34.4 Å². The van der Waals surface area contributed by atoms with Crippen molar-refractivity contribution in [3.63, 3.8) is 0 Å². The Kier molecular flexibility index (Phi) is 4.47. The molecule has 4 saturated carbocycles. The molecule has 176 valence electrons. The lowest BCUT2D eigenvalue weighted by molar-refractivity contribution is -0.129. The van der Waals surface area contributed by atoms with Crippen molar-refractivity contribution >= 4 is 10.0 Å². The fourth-order valence-corrected chi connectivity index (χ4v) is 9.99. The van der Waals surface area contributed by atoms with Crippen LogP contribution in [-0.4, -0.2) is 32.4 Å². The maximum absolute atomic E-state index is 11.8. The normalized spacial score (nSPS) is 49.5. The molecule has 2 heterocycles. The molecule has 1 aromatic heterocycles. The molecule has 0 radical (unpaired) electrons. The first-order valence-corrected chi connectivity index (χ1v) is 14.2. The molecule has 6 nitrogen and oxygen atoms in total. The molecule has 4 aliphatic carbocycles. The maximum atomic E-state index is 11.8. The van der Waals surface area contributed by atoms with Crippen LogP contribution in [0.25, 0.3) is 0 Å². The van der Waals surface area contributed by atoms with Gasteiger partial charge in [-0.3, -0.25) is 0 Å². The molecule has 0 aromatic carbocycles. The van der Waals surface area contributed by atoms with Crippen LogP contribution in [0.3, 0.4) is 0 Å². The molecular formula is C25H35NO5S.